The van der Waals surface area contributed by atoms with Gasteiger partial charge in [0.1, 0.15) is 29.4 Å². The maximum atomic E-state index is 14.8. The highest BCUT2D eigenvalue weighted by molar-refractivity contribution is 6.07. The van der Waals surface area contributed by atoms with Crippen molar-refractivity contribution >= 4 is 29.4 Å². The summed E-state index contributed by atoms with van der Waals surface area (Å²) in [5, 5.41) is 15.3. The summed E-state index contributed by atoms with van der Waals surface area (Å²) in [6, 6.07) is 5.35. The highest BCUT2D eigenvalue weighted by Crippen LogP contribution is 2.33. The lowest BCUT2D eigenvalue weighted by Gasteiger charge is -2.35. The third kappa shape index (κ3) is 7.01. The smallest absolute Gasteiger partial charge is 0.355 e. The zero-order chi connectivity index (χ0) is 29.2. The largest absolute Gasteiger partial charge is 0.496 e. The topological polar surface area (TPSA) is 163 Å². The second-order valence-electron chi connectivity index (χ2n) is 8.80. The quantitative estimate of drug-likeness (QED) is 0.190. The summed E-state index contributed by atoms with van der Waals surface area (Å²) in [6.45, 7) is -0.135. The number of carbonyl (C=O) groups is 3. The van der Waals surface area contributed by atoms with Crippen LogP contribution < -0.4 is 19.7 Å². The molecule has 216 valence electrons. The normalized spacial score (nSPS) is 13.4. The Morgan fingerprint density at radius 1 is 1.10 bits per heavy atom. The van der Waals surface area contributed by atoms with E-state index in [-0.39, 0.29) is 40.1 Å². The summed E-state index contributed by atoms with van der Waals surface area (Å²) in [5.74, 6) is -2.12. The fourth-order valence-electron chi connectivity index (χ4n) is 4.40. The lowest BCUT2D eigenvalue weighted by atomic mass is 9.93. The van der Waals surface area contributed by atoms with Crippen molar-refractivity contribution in [3.63, 3.8) is 0 Å². The number of para-hydroxylation sites is 1. The number of imide groups is 1. The fraction of sp³-hybridized carbons (Fsp3) is 0.423. The molecule has 1 saturated carbocycles. The van der Waals surface area contributed by atoms with E-state index in [0.717, 1.165) is 25.3 Å². The first-order chi connectivity index (χ1) is 19.2. The molecule has 14 heteroatoms. The van der Waals surface area contributed by atoms with Crippen molar-refractivity contribution < 1.29 is 42.8 Å². The van der Waals surface area contributed by atoms with E-state index in [2.05, 4.69) is 10.5 Å². The number of carboxylic acid groups (broad SMARTS) is 1. The number of carboxylic acids is 1. The molecule has 40 heavy (non-hydrogen) atoms. The number of urea groups is 2. The number of hydrogen-bond acceptors (Lipinski definition) is 9. The van der Waals surface area contributed by atoms with E-state index in [4.69, 9.17) is 24.5 Å². The lowest BCUT2D eigenvalue weighted by molar-refractivity contribution is -0.121. The van der Waals surface area contributed by atoms with Crippen LogP contribution in [0, 0.1) is 11.3 Å². The van der Waals surface area contributed by atoms with Crippen LogP contribution in [0.3, 0.4) is 0 Å². The number of aromatic carboxylic acids is 1. The Labute approximate surface area is 230 Å². The van der Waals surface area contributed by atoms with Crippen LogP contribution in [-0.4, -0.2) is 68.4 Å². The molecule has 0 aliphatic heterocycles. The van der Waals surface area contributed by atoms with Crippen molar-refractivity contribution in [2.24, 2.45) is 5.22 Å². The third-order valence-electron chi connectivity index (χ3n) is 6.42. The van der Waals surface area contributed by atoms with Gasteiger partial charge in [-0.05, 0) is 43.2 Å². The molecule has 1 fully saturated rings. The second-order valence-corrected chi connectivity index (χ2v) is 8.80. The van der Waals surface area contributed by atoms with Crippen molar-refractivity contribution in [2.45, 2.75) is 44.4 Å². The number of anilines is 2. The summed E-state index contributed by atoms with van der Waals surface area (Å²) in [7, 11) is 4.11. The molecular formula is C26H32FN5O8. The zero-order valence-electron chi connectivity index (χ0n) is 22.4. The standard InChI is InChI=1S/C26H32FN5O8/c1-37-20-13-12-17(14-18(20)24(33)34)31(16-8-5-4-6-9-16)26(36)32(30-28)25(35)29-23-19(27)10-7-11-21(23)40-15-22(38-2)39-3/h7,10-14,16,22,28H,4-6,8-9,15H2,1-3H3,(H,29,35)(H,33,34). The second kappa shape index (κ2) is 14.2. The molecule has 3 rings (SSSR count). The lowest BCUT2D eigenvalue weighted by Crippen LogP contribution is -2.50. The van der Waals surface area contributed by atoms with Gasteiger partial charge in [0, 0.05) is 25.9 Å². The first-order valence-electron chi connectivity index (χ1n) is 12.5. The number of carbonyl (C=O) groups excluding carboxylic acids is 2. The average molecular weight is 562 g/mol. The van der Waals surface area contributed by atoms with Gasteiger partial charge < -0.3 is 29.4 Å². The number of methoxy groups -OCH3 is 3. The Kier molecular flexibility index (Phi) is 10.7. The van der Waals surface area contributed by atoms with E-state index < -0.39 is 36.2 Å². The molecule has 1 aliphatic rings. The SMILES string of the molecule is COc1ccc(N(C(=O)N(N=N)C(=O)Nc2c(F)cccc2OCC(OC)OC)C2CCCCC2)cc1C(=O)O. The van der Waals surface area contributed by atoms with Gasteiger partial charge in [0.25, 0.3) is 0 Å². The molecule has 2 aromatic rings. The number of halogens is 1. The molecule has 1 aliphatic carbocycles. The van der Waals surface area contributed by atoms with E-state index in [1.54, 1.807) is 0 Å². The van der Waals surface area contributed by atoms with Crippen LogP contribution in [0.5, 0.6) is 11.5 Å². The Morgan fingerprint density at radius 3 is 2.40 bits per heavy atom. The summed E-state index contributed by atoms with van der Waals surface area (Å²) in [5.41, 5.74) is 7.20. The van der Waals surface area contributed by atoms with Gasteiger partial charge in [-0.25, -0.2) is 18.8 Å². The molecule has 2 aromatic carbocycles. The third-order valence-corrected chi connectivity index (χ3v) is 6.42. The van der Waals surface area contributed by atoms with Gasteiger partial charge in [-0.15, -0.1) is 5.01 Å². The highest BCUT2D eigenvalue weighted by atomic mass is 19.1. The molecule has 0 heterocycles. The molecule has 4 amide bonds. The van der Waals surface area contributed by atoms with Gasteiger partial charge in [-0.2, -0.15) is 5.53 Å². The van der Waals surface area contributed by atoms with Crippen LogP contribution in [-0.2, 0) is 9.47 Å². The summed E-state index contributed by atoms with van der Waals surface area (Å²) < 4.78 is 35.5. The van der Waals surface area contributed by atoms with Gasteiger partial charge >= 0.3 is 18.0 Å². The number of ether oxygens (including phenoxy) is 4. The molecule has 3 N–H and O–H groups in total. The van der Waals surface area contributed by atoms with Crippen LogP contribution in [0.25, 0.3) is 0 Å². The van der Waals surface area contributed by atoms with Gasteiger partial charge in [0.05, 0.1) is 7.11 Å². The van der Waals surface area contributed by atoms with Crippen LogP contribution in [0.2, 0.25) is 0 Å². The number of rotatable bonds is 11. The summed E-state index contributed by atoms with van der Waals surface area (Å²) in [4.78, 5) is 40.0. The molecule has 0 unspecified atom stereocenters. The average Bonchev–Trinajstić information content (AvgIpc) is 2.96. The molecule has 0 saturated heterocycles. The van der Waals surface area contributed by atoms with Gasteiger partial charge in [0.15, 0.2) is 12.1 Å². The maximum absolute atomic E-state index is 14.8. The Hall–Kier alpha value is -4.30. The summed E-state index contributed by atoms with van der Waals surface area (Å²) in [6.07, 6.45) is 2.97. The zero-order valence-corrected chi connectivity index (χ0v) is 22.4. The molecule has 0 aromatic heterocycles. The van der Waals surface area contributed by atoms with Crippen molar-refractivity contribution in [1.29, 1.82) is 5.53 Å². The minimum absolute atomic E-state index is 0.0739. The number of benzene rings is 2. The van der Waals surface area contributed by atoms with Crippen molar-refractivity contribution in [2.75, 3.05) is 38.2 Å². The Bertz CT molecular complexity index is 1220. The Morgan fingerprint density at radius 2 is 1.80 bits per heavy atom. The summed E-state index contributed by atoms with van der Waals surface area (Å²) >= 11 is 0. The highest BCUT2D eigenvalue weighted by Gasteiger charge is 2.35. The Balaban J connectivity index is 1.93. The van der Waals surface area contributed by atoms with E-state index in [1.165, 1.54) is 56.6 Å². The molecule has 0 bridgehead atoms. The number of amides is 4. The monoisotopic (exact) mass is 561 g/mol. The van der Waals surface area contributed by atoms with Crippen molar-refractivity contribution in [1.82, 2.24) is 5.01 Å². The number of hydrogen-bond donors (Lipinski definition) is 3. The van der Waals surface area contributed by atoms with Gasteiger partial charge in [-0.3, -0.25) is 4.90 Å². The predicted octanol–water partition coefficient (Wildman–Crippen LogP) is 5.27. The number of nitrogens with zero attached hydrogens (tertiary/aromatic N) is 3. The van der Waals surface area contributed by atoms with E-state index in [1.807, 2.05) is 0 Å². The fourth-order valence-corrected chi connectivity index (χ4v) is 4.40. The molecule has 0 spiro atoms. The van der Waals surface area contributed by atoms with E-state index in [9.17, 15) is 23.9 Å². The van der Waals surface area contributed by atoms with E-state index >= 15 is 0 Å². The van der Waals surface area contributed by atoms with Crippen LogP contribution in [0.1, 0.15) is 42.5 Å². The van der Waals surface area contributed by atoms with Gasteiger partial charge in [0.2, 0.25) is 0 Å². The number of nitrogens with one attached hydrogen (secondary N) is 2. The van der Waals surface area contributed by atoms with E-state index in [0.29, 0.717) is 12.8 Å². The molecule has 0 atom stereocenters. The molecular weight excluding hydrogens is 529 g/mol. The molecule has 0 radical (unpaired) electrons. The van der Waals surface area contributed by atoms with Gasteiger partial charge in [-0.1, -0.05) is 30.6 Å². The minimum Gasteiger partial charge on any atom is -0.496 e. The maximum Gasteiger partial charge on any atom is 0.355 e. The molecule has 13 nitrogen and oxygen atoms in total. The first-order valence-corrected chi connectivity index (χ1v) is 12.5. The minimum atomic E-state index is -1.27. The first kappa shape index (κ1) is 30.2. The predicted molar refractivity (Wildman–Crippen MR) is 140 cm³/mol. The van der Waals surface area contributed by atoms with Crippen LogP contribution in [0.15, 0.2) is 41.6 Å². The van der Waals surface area contributed by atoms with Crippen LogP contribution in [0.4, 0.5) is 25.4 Å². The van der Waals surface area contributed by atoms with Crippen molar-refractivity contribution in [3.05, 3.63) is 47.8 Å². The van der Waals surface area contributed by atoms with Crippen LogP contribution >= 0.6 is 0 Å². The van der Waals surface area contributed by atoms with Crippen molar-refractivity contribution in [3.8, 4) is 11.5 Å².